The van der Waals surface area contributed by atoms with Crippen molar-refractivity contribution >= 4 is 53.9 Å². The largest absolute Gasteiger partial charge is 0.465 e. The minimum atomic E-state index is -3.88. The van der Waals surface area contributed by atoms with Crippen LogP contribution in [-0.4, -0.2) is 55.7 Å². The molecular weight excluding hydrogens is 520 g/mol. The van der Waals surface area contributed by atoms with E-state index >= 15 is 0 Å². The van der Waals surface area contributed by atoms with E-state index in [-0.39, 0.29) is 24.5 Å². The maximum Gasteiger partial charge on any atom is 0.407 e. The number of hydrogen-bond donors (Lipinski definition) is 2. The van der Waals surface area contributed by atoms with Crippen LogP contribution < -0.4 is 4.72 Å². The monoisotopic (exact) mass is 540 g/mol. The number of likely N-dealkylation sites (tertiary alicyclic amines) is 1. The van der Waals surface area contributed by atoms with Crippen LogP contribution in [-0.2, 0) is 19.6 Å². The molecule has 1 aromatic carbocycles. The lowest BCUT2D eigenvalue weighted by Gasteiger charge is -2.23. The average Bonchev–Trinajstić information content (AvgIpc) is 2.96. The highest BCUT2D eigenvalue weighted by Gasteiger charge is 2.39. The molecule has 0 unspecified atom stereocenters. The van der Waals surface area contributed by atoms with Crippen molar-refractivity contribution in [2.75, 3.05) is 13.2 Å². The first-order valence-electron chi connectivity index (χ1n) is 8.45. The van der Waals surface area contributed by atoms with Gasteiger partial charge in [0.2, 0.25) is 10.0 Å². The van der Waals surface area contributed by atoms with Crippen LogP contribution in [0, 0.1) is 5.41 Å². The molecule has 1 amide bonds. The number of esters is 1. The standard InChI is InChI=1S/C17H22Br2N2O6S/c1-17(2,3)15(22)27-9-12-7-11(8-21(12)16(23)24)20-28(25,26)14-6-10(18)4-5-13(14)19/h4-6,11-12,20H,7-9H2,1-3H3,(H,23,24)/t11-,12-/m1/s1. The van der Waals surface area contributed by atoms with Gasteiger partial charge in [0.05, 0.1) is 16.4 Å². The molecule has 0 bridgehead atoms. The van der Waals surface area contributed by atoms with Crippen molar-refractivity contribution in [1.29, 1.82) is 0 Å². The van der Waals surface area contributed by atoms with Crippen molar-refractivity contribution in [2.45, 2.75) is 44.2 Å². The van der Waals surface area contributed by atoms with Gasteiger partial charge in [-0.15, -0.1) is 0 Å². The van der Waals surface area contributed by atoms with Crippen molar-refractivity contribution in [3.05, 3.63) is 27.1 Å². The van der Waals surface area contributed by atoms with Crippen LogP contribution in [0.15, 0.2) is 32.0 Å². The van der Waals surface area contributed by atoms with Crippen molar-refractivity contribution < 1.29 is 27.9 Å². The summed E-state index contributed by atoms with van der Waals surface area (Å²) < 4.78 is 34.2. The number of amides is 1. The number of nitrogens with zero attached hydrogens (tertiary/aromatic N) is 1. The molecule has 11 heteroatoms. The predicted octanol–water partition coefficient (Wildman–Crippen LogP) is 3.20. The van der Waals surface area contributed by atoms with Gasteiger partial charge in [0, 0.05) is 21.5 Å². The van der Waals surface area contributed by atoms with Crippen molar-refractivity contribution in [3.63, 3.8) is 0 Å². The number of carbonyl (C=O) groups excluding carboxylic acids is 1. The van der Waals surface area contributed by atoms with Gasteiger partial charge in [-0.3, -0.25) is 4.79 Å². The number of carboxylic acid groups (broad SMARTS) is 1. The highest BCUT2D eigenvalue weighted by molar-refractivity contribution is 9.11. The highest BCUT2D eigenvalue weighted by Crippen LogP contribution is 2.27. The molecule has 156 valence electrons. The fourth-order valence-electron chi connectivity index (χ4n) is 2.75. The van der Waals surface area contributed by atoms with Gasteiger partial charge >= 0.3 is 12.1 Å². The summed E-state index contributed by atoms with van der Waals surface area (Å²) in [6, 6.07) is 3.50. The fraction of sp³-hybridized carbons (Fsp3) is 0.529. The number of ether oxygens (including phenoxy) is 1. The molecule has 1 heterocycles. The number of sulfonamides is 1. The molecule has 0 aliphatic carbocycles. The number of carbonyl (C=O) groups is 2. The molecule has 28 heavy (non-hydrogen) atoms. The van der Waals surface area contributed by atoms with Gasteiger partial charge in [-0.05, 0) is 61.3 Å². The Bertz CT molecular complexity index is 869. The first-order chi connectivity index (χ1) is 12.8. The van der Waals surface area contributed by atoms with Crippen LogP contribution >= 0.6 is 31.9 Å². The minimum absolute atomic E-state index is 0.0298. The molecule has 8 nitrogen and oxygen atoms in total. The summed E-state index contributed by atoms with van der Waals surface area (Å²) in [6.07, 6.45) is -0.990. The van der Waals surface area contributed by atoms with E-state index in [0.717, 1.165) is 4.90 Å². The molecule has 1 aliphatic heterocycles. The molecule has 1 fully saturated rings. The van der Waals surface area contributed by atoms with Gasteiger partial charge in [-0.25, -0.2) is 17.9 Å². The van der Waals surface area contributed by atoms with Crippen molar-refractivity contribution in [3.8, 4) is 0 Å². The first-order valence-corrected chi connectivity index (χ1v) is 11.5. The predicted molar refractivity (Wildman–Crippen MR) is 110 cm³/mol. The van der Waals surface area contributed by atoms with Crippen molar-refractivity contribution in [2.24, 2.45) is 5.41 Å². The molecule has 1 aromatic rings. The third kappa shape index (κ3) is 5.68. The summed E-state index contributed by atoms with van der Waals surface area (Å²) >= 11 is 6.46. The summed E-state index contributed by atoms with van der Waals surface area (Å²) in [7, 11) is -3.88. The van der Waals surface area contributed by atoms with E-state index in [1.807, 2.05) is 0 Å². The summed E-state index contributed by atoms with van der Waals surface area (Å²) in [6.45, 7) is 4.95. The van der Waals surface area contributed by atoms with Gasteiger partial charge < -0.3 is 14.7 Å². The Morgan fingerprint density at radius 2 is 1.96 bits per heavy atom. The molecule has 0 saturated carbocycles. The Morgan fingerprint density at radius 3 is 2.54 bits per heavy atom. The van der Waals surface area contributed by atoms with Crippen LogP contribution in [0.2, 0.25) is 0 Å². The summed E-state index contributed by atoms with van der Waals surface area (Å²) in [4.78, 5) is 24.6. The van der Waals surface area contributed by atoms with E-state index in [9.17, 15) is 23.1 Å². The quantitative estimate of drug-likeness (QED) is 0.553. The Labute approximate surface area is 180 Å². The molecular formula is C17H22Br2N2O6S. The number of nitrogens with one attached hydrogen (secondary N) is 1. The average molecular weight is 542 g/mol. The first kappa shape index (κ1) is 23.1. The summed E-state index contributed by atoms with van der Waals surface area (Å²) in [5, 5.41) is 9.42. The second-order valence-corrected chi connectivity index (χ2v) is 11.0. The normalized spacial score (nSPS) is 20.2. The number of halogens is 2. The van der Waals surface area contributed by atoms with Gasteiger partial charge in [0.25, 0.3) is 0 Å². The second kappa shape index (κ2) is 8.68. The topological polar surface area (TPSA) is 113 Å². The van der Waals surface area contributed by atoms with Crippen LogP contribution in [0.3, 0.4) is 0 Å². The molecule has 0 spiro atoms. The Hall–Kier alpha value is -1.17. The van der Waals surface area contributed by atoms with E-state index in [2.05, 4.69) is 36.6 Å². The highest BCUT2D eigenvalue weighted by atomic mass is 79.9. The zero-order valence-corrected chi connectivity index (χ0v) is 19.6. The fourth-order valence-corrected chi connectivity index (χ4v) is 5.49. The molecule has 2 rings (SSSR count). The molecule has 0 aromatic heterocycles. The maximum atomic E-state index is 12.7. The second-order valence-electron chi connectivity index (χ2n) is 7.57. The maximum absolute atomic E-state index is 12.7. The Kier molecular flexibility index (Phi) is 7.17. The van der Waals surface area contributed by atoms with Gasteiger partial charge in [0.15, 0.2) is 0 Å². The smallest absolute Gasteiger partial charge is 0.407 e. The lowest BCUT2D eigenvalue weighted by Crippen LogP contribution is -2.40. The number of rotatable bonds is 5. The van der Waals surface area contributed by atoms with E-state index in [1.54, 1.807) is 32.9 Å². The number of hydrogen-bond acceptors (Lipinski definition) is 5. The Balaban J connectivity index is 2.12. The van der Waals surface area contributed by atoms with Gasteiger partial charge in [-0.1, -0.05) is 15.9 Å². The summed E-state index contributed by atoms with van der Waals surface area (Å²) in [5.41, 5.74) is -0.708. The Morgan fingerprint density at radius 1 is 1.32 bits per heavy atom. The zero-order valence-electron chi connectivity index (χ0n) is 15.6. The molecule has 1 saturated heterocycles. The van der Waals surface area contributed by atoms with E-state index in [1.165, 1.54) is 6.07 Å². The van der Waals surface area contributed by atoms with Gasteiger partial charge in [-0.2, -0.15) is 0 Å². The lowest BCUT2D eigenvalue weighted by molar-refractivity contribution is -0.154. The third-order valence-electron chi connectivity index (χ3n) is 4.18. The summed E-state index contributed by atoms with van der Waals surface area (Å²) in [5.74, 6) is -0.445. The molecule has 1 aliphatic rings. The van der Waals surface area contributed by atoms with Crippen LogP contribution in [0.25, 0.3) is 0 Å². The van der Waals surface area contributed by atoms with E-state index in [0.29, 0.717) is 8.95 Å². The third-order valence-corrected chi connectivity index (χ3v) is 7.19. The SMILES string of the molecule is CC(C)(C)C(=O)OC[C@H]1C[C@@H](NS(=O)(=O)c2cc(Br)ccc2Br)CN1C(=O)O. The molecule has 2 atom stereocenters. The van der Waals surface area contributed by atoms with Gasteiger partial charge in [0.1, 0.15) is 6.61 Å². The van der Waals surface area contributed by atoms with Crippen LogP contribution in [0.1, 0.15) is 27.2 Å². The molecule has 2 N–H and O–H groups in total. The minimum Gasteiger partial charge on any atom is -0.465 e. The lowest BCUT2D eigenvalue weighted by atomic mass is 9.97. The number of benzene rings is 1. The molecule has 0 radical (unpaired) electrons. The zero-order chi connectivity index (χ0) is 21.3. The van der Waals surface area contributed by atoms with Crippen LogP contribution in [0.5, 0.6) is 0 Å². The van der Waals surface area contributed by atoms with Crippen molar-refractivity contribution in [1.82, 2.24) is 9.62 Å². The van der Waals surface area contributed by atoms with E-state index < -0.39 is 39.6 Å². The van der Waals surface area contributed by atoms with E-state index in [4.69, 9.17) is 4.74 Å². The van der Waals surface area contributed by atoms with Crippen LogP contribution in [0.4, 0.5) is 4.79 Å².